The van der Waals surface area contributed by atoms with Crippen molar-refractivity contribution >= 4 is 8.07 Å². The van der Waals surface area contributed by atoms with Crippen molar-refractivity contribution in [2.75, 3.05) is 6.61 Å². The number of rotatable bonds is 3. The van der Waals surface area contributed by atoms with Gasteiger partial charge in [-0.15, -0.1) is 0 Å². The van der Waals surface area contributed by atoms with E-state index in [1.165, 1.54) is 24.4 Å². The Morgan fingerprint density at radius 2 is 2.06 bits per heavy atom. The normalized spacial score (nSPS) is 34.8. The molecule has 2 unspecified atom stereocenters. The molecule has 2 aliphatic heterocycles. The van der Waals surface area contributed by atoms with Gasteiger partial charge in [0.15, 0.2) is 0 Å². The van der Waals surface area contributed by atoms with E-state index in [2.05, 4.69) is 43.4 Å². The van der Waals surface area contributed by atoms with Gasteiger partial charge in [0, 0.05) is 5.92 Å². The van der Waals surface area contributed by atoms with Crippen LogP contribution in [0.25, 0.3) is 0 Å². The third-order valence-electron chi connectivity index (χ3n) is 4.73. The molecule has 2 heterocycles. The molecule has 0 aliphatic carbocycles. The minimum atomic E-state index is -1.06. The lowest BCUT2D eigenvalue weighted by molar-refractivity contribution is -0.176. The van der Waals surface area contributed by atoms with Gasteiger partial charge >= 0.3 is 0 Å². The number of aryl methyl sites for hydroxylation is 1. The molecule has 2 saturated heterocycles. The van der Waals surface area contributed by atoms with Crippen LogP contribution in [-0.4, -0.2) is 19.9 Å². The maximum absolute atomic E-state index is 6.02. The topological polar surface area (TPSA) is 9.23 Å². The van der Waals surface area contributed by atoms with Crippen molar-refractivity contribution in [3.05, 3.63) is 35.9 Å². The van der Waals surface area contributed by atoms with Crippen molar-refractivity contribution < 1.29 is 4.74 Å². The Morgan fingerprint density at radius 1 is 1.31 bits per heavy atom. The predicted octanol–water partition coefficient (Wildman–Crippen LogP) is 3.27. The molecule has 2 aliphatic rings. The van der Waals surface area contributed by atoms with E-state index in [0.717, 1.165) is 12.5 Å². The summed E-state index contributed by atoms with van der Waals surface area (Å²) in [7, 11) is -1.06. The van der Waals surface area contributed by atoms with E-state index in [9.17, 15) is 0 Å². The molecule has 0 amide bonds. The molecule has 0 bridgehead atoms. The van der Waals surface area contributed by atoms with Gasteiger partial charge in [-0.05, 0) is 24.4 Å². The van der Waals surface area contributed by atoms with Crippen LogP contribution >= 0.6 is 0 Å². The molecule has 1 aromatic rings. The fourth-order valence-electron chi connectivity index (χ4n) is 3.62. The Hall–Kier alpha value is -0.603. The second-order valence-electron chi connectivity index (χ2n) is 5.97. The second-order valence-corrected chi connectivity index (χ2v) is 11.0. The summed E-state index contributed by atoms with van der Waals surface area (Å²) in [6, 6.07) is 12.3. The van der Waals surface area contributed by atoms with Gasteiger partial charge in [-0.1, -0.05) is 43.4 Å². The third kappa shape index (κ3) is 1.33. The molecular formula is C14H20OSi. The minimum absolute atomic E-state index is 0.350. The lowest BCUT2D eigenvalue weighted by atomic mass is 9.91. The van der Waals surface area contributed by atoms with E-state index >= 15 is 0 Å². The van der Waals surface area contributed by atoms with E-state index < -0.39 is 8.07 Å². The lowest BCUT2D eigenvalue weighted by Gasteiger charge is -2.67. The van der Waals surface area contributed by atoms with Crippen LogP contribution in [0.5, 0.6) is 0 Å². The number of fused-ring (bicyclic) bond motifs is 1. The van der Waals surface area contributed by atoms with Crippen LogP contribution in [0.1, 0.15) is 12.0 Å². The van der Waals surface area contributed by atoms with E-state index in [1.807, 2.05) is 0 Å². The van der Waals surface area contributed by atoms with Crippen molar-refractivity contribution in [2.24, 2.45) is 5.92 Å². The Balaban J connectivity index is 1.68. The summed E-state index contributed by atoms with van der Waals surface area (Å²) >= 11 is 0. The summed E-state index contributed by atoms with van der Waals surface area (Å²) in [5.41, 5.74) is 1.46. The van der Waals surface area contributed by atoms with Gasteiger partial charge in [0.2, 0.25) is 0 Å². The van der Waals surface area contributed by atoms with Crippen molar-refractivity contribution in [2.45, 2.75) is 37.2 Å². The van der Waals surface area contributed by atoms with Gasteiger partial charge in [0.25, 0.3) is 0 Å². The molecule has 0 aromatic heterocycles. The first-order valence-electron chi connectivity index (χ1n) is 6.32. The zero-order valence-corrected chi connectivity index (χ0v) is 11.2. The first-order chi connectivity index (χ1) is 7.64. The number of benzene rings is 1. The molecule has 16 heavy (non-hydrogen) atoms. The van der Waals surface area contributed by atoms with E-state index in [-0.39, 0.29) is 0 Å². The Kier molecular flexibility index (Phi) is 2.27. The summed E-state index contributed by atoms with van der Waals surface area (Å²) in [5.74, 6) is 0.901. The van der Waals surface area contributed by atoms with Crippen LogP contribution in [0.3, 0.4) is 0 Å². The lowest BCUT2D eigenvalue weighted by Crippen LogP contribution is -2.78. The molecule has 1 aromatic carbocycles. The predicted molar refractivity (Wildman–Crippen MR) is 69.2 cm³/mol. The van der Waals surface area contributed by atoms with E-state index in [4.69, 9.17) is 4.74 Å². The minimum Gasteiger partial charge on any atom is -0.378 e. The van der Waals surface area contributed by atoms with Gasteiger partial charge < -0.3 is 4.74 Å². The highest BCUT2D eigenvalue weighted by Crippen LogP contribution is 2.58. The molecule has 1 nitrogen and oxygen atoms in total. The van der Waals surface area contributed by atoms with Crippen molar-refractivity contribution in [3.8, 4) is 0 Å². The van der Waals surface area contributed by atoms with Gasteiger partial charge in [-0.25, -0.2) is 0 Å². The highest BCUT2D eigenvalue weighted by atomic mass is 28.3. The van der Waals surface area contributed by atoms with Crippen LogP contribution in [-0.2, 0) is 11.2 Å². The number of ether oxygens (including phenoxy) is 1. The van der Waals surface area contributed by atoms with Crippen LogP contribution in [0.15, 0.2) is 30.3 Å². The van der Waals surface area contributed by atoms with Crippen LogP contribution < -0.4 is 0 Å². The van der Waals surface area contributed by atoms with Gasteiger partial charge in [0.05, 0.1) is 19.9 Å². The first-order valence-corrected chi connectivity index (χ1v) is 9.53. The number of hydrogen-bond donors (Lipinski definition) is 0. The summed E-state index contributed by atoms with van der Waals surface area (Å²) in [4.78, 5) is 0. The van der Waals surface area contributed by atoms with Crippen LogP contribution in [0.4, 0.5) is 0 Å². The van der Waals surface area contributed by atoms with Crippen molar-refractivity contribution in [1.82, 2.24) is 0 Å². The quantitative estimate of drug-likeness (QED) is 0.727. The first kappa shape index (κ1) is 10.5. The van der Waals surface area contributed by atoms with Gasteiger partial charge in [-0.3, -0.25) is 0 Å². The van der Waals surface area contributed by atoms with Crippen LogP contribution in [0, 0.1) is 5.92 Å². The SMILES string of the molecule is C[Si]1(C)CC2COC21CCc1ccccc1. The highest BCUT2D eigenvalue weighted by molar-refractivity contribution is 6.83. The molecule has 2 atom stereocenters. The Bertz CT molecular complexity index is 387. The standard InChI is InChI=1S/C14H20OSi/c1-16(2)11-13-10-15-14(13,16)9-8-12-6-4-3-5-7-12/h3-7,13H,8-11H2,1-2H3. The summed E-state index contributed by atoms with van der Waals surface area (Å²) < 4.78 is 6.02. The maximum atomic E-state index is 6.02. The number of hydrogen-bond acceptors (Lipinski definition) is 1. The van der Waals surface area contributed by atoms with Crippen molar-refractivity contribution in [3.63, 3.8) is 0 Å². The average Bonchev–Trinajstić information content (AvgIpc) is 2.27. The smallest absolute Gasteiger partial charge is 0.0864 e. The Morgan fingerprint density at radius 3 is 2.56 bits per heavy atom. The zero-order valence-electron chi connectivity index (χ0n) is 10.2. The Labute approximate surface area is 98.8 Å². The van der Waals surface area contributed by atoms with E-state index in [0.29, 0.717) is 5.22 Å². The zero-order chi connectivity index (χ0) is 11.2. The molecular weight excluding hydrogens is 212 g/mol. The maximum Gasteiger partial charge on any atom is 0.0864 e. The molecule has 0 radical (unpaired) electrons. The second kappa shape index (κ2) is 3.44. The van der Waals surface area contributed by atoms with Crippen LogP contribution in [0.2, 0.25) is 19.1 Å². The third-order valence-corrected chi connectivity index (χ3v) is 9.34. The summed E-state index contributed by atoms with van der Waals surface area (Å²) in [6.07, 6.45) is 2.44. The largest absolute Gasteiger partial charge is 0.378 e. The van der Waals surface area contributed by atoms with Gasteiger partial charge in [0.1, 0.15) is 0 Å². The fraction of sp³-hybridized carbons (Fsp3) is 0.571. The molecule has 3 rings (SSSR count). The summed E-state index contributed by atoms with van der Waals surface area (Å²) in [6.45, 7) is 6.02. The molecule has 2 heteroatoms. The molecule has 0 spiro atoms. The monoisotopic (exact) mass is 232 g/mol. The summed E-state index contributed by atoms with van der Waals surface area (Å²) in [5, 5.41) is 0.350. The fourth-order valence-corrected chi connectivity index (χ4v) is 7.85. The highest BCUT2D eigenvalue weighted by Gasteiger charge is 2.67. The van der Waals surface area contributed by atoms with Gasteiger partial charge in [-0.2, -0.15) is 0 Å². The molecule has 2 fully saturated rings. The molecule has 0 saturated carbocycles. The molecule has 0 N–H and O–H groups in total. The molecule has 86 valence electrons. The average molecular weight is 232 g/mol. The van der Waals surface area contributed by atoms with E-state index in [1.54, 1.807) is 0 Å². The van der Waals surface area contributed by atoms with Crippen molar-refractivity contribution in [1.29, 1.82) is 0 Å².